The molecule has 0 aliphatic carbocycles. The van der Waals surface area contributed by atoms with Crippen LogP contribution in [0.3, 0.4) is 0 Å². The second-order valence-corrected chi connectivity index (χ2v) is 2.11. The number of hydrogen-bond acceptors (Lipinski definition) is 2. The van der Waals surface area contributed by atoms with Gasteiger partial charge in [-0.25, -0.2) is 0 Å². The molecule has 0 fully saturated rings. The minimum absolute atomic E-state index is 0.576. The van der Waals surface area contributed by atoms with Crippen LogP contribution in [0.5, 0.6) is 5.75 Å². The van der Waals surface area contributed by atoms with E-state index in [9.17, 15) is 0 Å². The number of para-hydroxylation sites is 1. The van der Waals surface area contributed by atoms with E-state index in [1.807, 2.05) is 12.1 Å². The van der Waals surface area contributed by atoms with E-state index in [4.69, 9.17) is 11.6 Å². The lowest BCUT2D eigenvalue weighted by Gasteiger charge is -1.96. The first-order chi connectivity index (χ1) is 4.34. The van der Waals surface area contributed by atoms with Crippen LogP contribution in [-0.2, 0) is 0 Å². The van der Waals surface area contributed by atoms with Gasteiger partial charge in [-0.15, -0.1) is 0 Å². The van der Waals surface area contributed by atoms with E-state index in [2.05, 4.69) is 17.1 Å². The van der Waals surface area contributed by atoms with Crippen molar-refractivity contribution in [2.45, 2.75) is 0 Å². The molecule has 1 aromatic rings. The summed E-state index contributed by atoms with van der Waals surface area (Å²) in [5.74, 6) is 0.586. The third-order valence-corrected chi connectivity index (χ3v) is 1.44. The summed E-state index contributed by atoms with van der Waals surface area (Å²) in [4.78, 5) is 0. The monoisotopic (exact) mass is 160 g/mol. The molecule has 0 aliphatic heterocycles. The average molecular weight is 161 g/mol. The van der Waals surface area contributed by atoms with E-state index < -0.39 is 0 Å². The van der Waals surface area contributed by atoms with Crippen LogP contribution in [0.15, 0.2) is 24.3 Å². The molecule has 0 heterocycles. The Hall–Kier alpha value is -0.340. The van der Waals surface area contributed by atoms with Gasteiger partial charge in [0, 0.05) is 12.9 Å². The zero-order valence-electron chi connectivity index (χ0n) is 4.54. The molecule has 0 saturated heterocycles. The standard InChI is InChI=1S/C6H5ClOS/c7-5-3-1-2-4-6(5)8-9/h1-4,9H. The maximum absolute atomic E-state index is 5.65. The van der Waals surface area contributed by atoms with E-state index in [0.29, 0.717) is 10.8 Å². The summed E-state index contributed by atoms with van der Waals surface area (Å²) in [6.45, 7) is 0. The third-order valence-electron chi connectivity index (χ3n) is 0.935. The number of thiol groups is 1. The van der Waals surface area contributed by atoms with Gasteiger partial charge < -0.3 is 4.18 Å². The van der Waals surface area contributed by atoms with Crippen molar-refractivity contribution in [1.82, 2.24) is 0 Å². The van der Waals surface area contributed by atoms with Crippen molar-refractivity contribution >= 4 is 24.5 Å². The topological polar surface area (TPSA) is 9.23 Å². The Morgan fingerprint density at radius 1 is 1.33 bits per heavy atom. The van der Waals surface area contributed by atoms with Gasteiger partial charge in [-0.3, -0.25) is 0 Å². The van der Waals surface area contributed by atoms with Crippen molar-refractivity contribution < 1.29 is 4.18 Å². The first-order valence-corrected chi connectivity index (χ1v) is 3.15. The maximum Gasteiger partial charge on any atom is 0.155 e. The summed E-state index contributed by atoms with van der Waals surface area (Å²) in [6, 6.07) is 7.15. The van der Waals surface area contributed by atoms with Crippen molar-refractivity contribution in [1.29, 1.82) is 0 Å². The van der Waals surface area contributed by atoms with Crippen molar-refractivity contribution in [3.8, 4) is 5.75 Å². The molecule has 1 nitrogen and oxygen atoms in total. The van der Waals surface area contributed by atoms with Crippen molar-refractivity contribution in [2.24, 2.45) is 0 Å². The van der Waals surface area contributed by atoms with Crippen LogP contribution in [0, 0.1) is 0 Å². The molecule has 0 N–H and O–H groups in total. The molecule has 0 aliphatic rings. The van der Waals surface area contributed by atoms with Gasteiger partial charge >= 0.3 is 0 Å². The minimum Gasteiger partial charge on any atom is -0.427 e. The van der Waals surface area contributed by atoms with Gasteiger partial charge in [0.15, 0.2) is 5.75 Å². The minimum atomic E-state index is 0.576. The lowest BCUT2D eigenvalue weighted by atomic mass is 10.3. The molecular formula is C6H5ClOS. The SMILES string of the molecule is SOc1ccccc1Cl. The van der Waals surface area contributed by atoms with Gasteiger partial charge in [-0.05, 0) is 12.1 Å². The first kappa shape index (κ1) is 6.78. The Morgan fingerprint density at radius 3 is 2.44 bits per heavy atom. The average Bonchev–Trinajstić information content (AvgIpc) is 1.89. The smallest absolute Gasteiger partial charge is 0.155 e. The number of halogens is 1. The lowest BCUT2D eigenvalue weighted by molar-refractivity contribution is 0.659. The maximum atomic E-state index is 5.65. The van der Waals surface area contributed by atoms with Gasteiger partial charge in [-0.1, -0.05) is 23.7 Å². The van der Waals surface area contributed by atoms with Crippen LogP contribution in [0.2, 0.25) is 5.02 Å². The first-order valence-electron chi connectivity index (χ1n) is 2.40. The van der Waals surface area contributed by atoms with Gasteiger partial charge in [-0.2, -0.15) is 0 Å². The molecule has 48 valence electrons. The molecule has 0 spiro atoms. The van der Waals surface area contributed by atoms with E-state index in [1.165, 1.54) is 0 Å². The Kier molecular flexibility index (Phi) is 2.25. The third kappa shape index (κ3) is 1.53. The highest BCUT2D eigenvalue weighted by molar-refractivity contribution is 7.75. The summed E-state index contributed by atoms with van der Waals surface area (Å²) in [5, 5.41) is 0.576. The Labute approximate surface area is 64.2 Å². The largest absolute Gasteiger partial charge is 0.427 e. The second-order valence-electron chi connectivity index (χ2n) is 1.52. The molecule has 9 heavy (non-hydrogen) atoms. The predicted octanol–water partition coefficient (Wildman–Crippen LogP) is 2.56. The summed E-state index contributed by atoms with van der Waals surface area (Å²) < 4.78 is 4.61. The van der Waals surface area contributed by atoms with Gasteiger partial charge in [0.05, 0.1) is 5.02 Å². The molecule has 3 heteroatoms. The normalized spacial score (nSPS) is 9.11. The summed E-state index contributed by atoms with van der Waals surface area (Å²) in [6.07, 6.45) is 0. The summed E-state index contributed by atoms with van der Waals surface area (Å²) in [5.41, 5.74) is 0. The van der Waals surface area contributed by atoms with E-state index in [0.717, 1.165) is 0 Å². The van der Waals surface area contributed by atoms with Gasteiger partial charge in [0.25, 0.3) is 0 Å². The quantitative estimate of drug-likeness (QED) is 0.491. The molecule has 0 aromatic heterocycles. The van der Waals surface area contributed by atoms with Crippen LogP contribution >= 0.6 is 24.5 Å². The molecule has 0 bridgehead atoms. The summed E-state index contributed by atoms with van der Waals surface area (Å²) >= 11 is 9.25. The van der Waals surface area contributed by atoms with E-state index in [-0.39, 0.29) is 0 Å². The summed E-state index contributed by atoms with van der Waals surface area (Å²) in [7, 11) is 0. The highest BCUT2D eigenvalue weighted by atomic mass is 35.5. The zero-order valence-corrected chi connectivity index (χ0v) is 6.19. The molecule has 1 aromatic carbocycles. The number of hydrogen-bond donors (Lipinski definition) is 1. The Bertz CT molecular complexity index is 202. The van der Waals surface area contributed by atoms with Gasteiger partial charge in [0.1, 0.15) is 0 Å². The van der Waals surface area contributed by atoms with Crippen LogP contribution < -0.4 is 4.18 Å². The number of rotatable bonds is 1. The zero-order chi connectivity index (χ0) is 6.69. The molecule has 0 radical (unpaired) electrons. The molecule has 0 saturated carbocycles. The highest BCUT2D eigenvalue weighted by Crippen LogP contribution is 2.23. The Morgan fingerprint density at radius 2 is 2.00 bits per heavy atom. The fraction of sp³-hybridized carbons (Fsp3) is 0. The molecule has 1 rings (SSSR count). The lowest BCUT2D eigenvalue weighted by Crippen LogP contribution is -1.73. The molecule has 0 amide bonds. The molecule has 0 atom stereocenters. The molecular weight excluding hydrogens is 156 g/mol. The van der Waals surface area contributed by atoms with Crippen molar-refractivity contribution in [3.05, 3.63) is 29.3 Å². The highest BCUT2D eigenvalue weighted by Gasteiger charge is 1.94. The van der Waals surface area contributed by atoms with E-state index in [1.54, 1.807) is 12.1 Å². The van der Waals surface area contributed by atoms with Gasteiger partial charge in [0.2, 0.25) is 0 Å². The van der Waals surface area contributed by atoms with Crippen molar-refractivity contribution in [2.75, 3.05) is 0 Å². The van der Waals surface area contributed by atoms with Crippen molar-refractivity contribution in [3.63, 3.8) is 0 Å². The van der Waals surface area contributed by atoms with Crippen LogP contribution in [0.25, 0.3) is 0 Å². The fourth-order valence-electron chi connectivity index (χ4n) is 0.519. The van der Waals surface area contributed by atoms with Crippen LogP contribution in [0.1, 0.15) is 0 Å². The van der Waals surface area contributed by atoms with Crippen LogP contribution in [-0.4, -0.2) is 0 Å². The second kappa shape index (κ2) is 2.99. The predicted molar refractivity (Wildman–Crippen MR) is 41.1 cm³/mol. The molecule has 0 unspecified atom stereocenters. The Balaban J connectivity index is 3.01. The number of benzene rings is 1. The fourth-order valence-corrected chi connectivity index (χ4v) is 0.906. The van der Waals surface area contributed by atoms with E-state index >= 15 is 0 Å². The van der Waals surface area contributed by atoms with Crippen LogP contribution in [0.4, 0.5) is 0 Å².